The van der Waals surface area contributed by atoms with Crippen LogP contribution < -0.4 is 5.32 Å². The molecule has 0 aromatic rings. The maximum absolute atomic E-state index is 12.3. The molecule has 0 saturated heterocycles. The molecule has 0 aliphatic heterocycles. The average molecular weight is 383 g/mol. The highest BCUT2D eigenvalue weighted by molar-refractivity contribution is 7.89. The Morgan fingerprint density at radius 2 is 1.69 bits per heavy atom. The number of sulfonamides is 1. The van der Waals surface area contributed by atoms with Crippen molar-refractivity contribution >= 4 is 15.9 Å². The number of nitrogens with zero attached hydrogens (tertiary/aromatic N) is 1. The van der Waals surface area contributed by atoms with Crippen molar-refractivity contribution in [2.45, 2.75) is 58.8 Å². The lowest BCUT2D eigenvalue weighted by Crippen LogP contribution is -2.46. The largest absolute Gasteiger partial charge is 0.353 e. The number of allylic oxidation sites excluding steroid dienone is 1. The Balaban J connectivity index is 1.48. The van der Waals surface area contributed by atoms with E-state index in [0.29, 0.717) is 19.5 Å². The van der Waals surface area contributed by atoms with Gasteiger partial charge in [0, 0.05) is 26.2 Å². The molecule has 4 rings (SSSR count). The number of nitrogens with one attached hydrogen (secondary N) is 1. The second kappa shape index (κ2) is 7.63. The predicted molar refractivity (Wildman–Crippen MR) is 104 cm³/mol. The van der Waals surface area contributed by atoms with Gasteiger partial charge in [0.2, 0.25) is 15.9 Å². The van der Waals surface area contributed by atoms with Crippen LogP contribution in [0.3, 0.4) is 0 Å². The highest BCUT2D eigenvalue weighted by Crippen LogP contribution is 2.62. The topological polar surface area (TPSA) is 66.5 Å². The van der Waals surface area contributed by atoms with Crippen molar-refractivity contribution in [2.24, 2.45) is 23.2 Å². The molecule has 0 atom stereocenters. The molecule has 148 valence electrons. The summed E-state index contributed by atoms with van der Waals surface area (Å²) in [7, 11) is -1.54. The van der Waals surface area contributed by atoms with Gasteiger partial charge in [0.25, 0.3) is 0 Å². The molecule has 1 amide bonds. The summed E-state index contributed by atoms with van der Waals surface area (Å²) in [6, 6.07) is 0. The van der Waals surface area contributed by atoms with Gasteiger partial charge < -0.3 is 5.32 Å². The molecule has 26 heavy (non-hydrogen) atoms. The molecule has 4 bridgehead atoms. The number of carbonyl (C=O) groups is 1. The lowest BCUT2D eigenvalue weighted by molar-refractivity contribution is -0.116. The van der Waals surface area contributed by atoms with E-state index in [2.05, 4.69) is 12.2 Å². The van der Waals surface area contributed by atoms with Gasteiger partial charge in [-0.2, -0.15) is 0 Å². The molecule has 4 saturated carbocycles. The molecule has 0 aromatic carbocycles. The van der Waals surface area contributed by atoms with Crippen molar-refractivity contribution in [3.63, 3.8) is 0 Å². The van der Waals surface area contributed by atoms with E-state index in [9.17, 15) is 13.2 Å². The van der Waals surface area contributed by atoms with Crippen LogP contribution in [0.2, 0.25) is 0 Å². The highest BCUT2D eigenvalue weighted by Gasteiger charge is 2.51. The molecule has 4 aliphatic rings. The summed E-state index contributed by atoms with van der Waals surface area (Å²) in [6.45, 7) is 4.74. The number of rotatable bonds is 8. The summed E-state index contributed by atoms with van der Waals surface area (Å²) in [6.07, 6.45) is 10.5. The molecule has 0 radical (unpaired) electrons. The zero-order valence-corrected chi connectivity index (χ0v) is 17.3. The van der Waals surface area contributed by atoms with Crippen LogP contribution in [0.1, 0.15) is 58.8 Å². The maximum Gasteiger partial charge on any atom is 0.243 e. The summed E-state index contributed by atoms with van der Waals surface area (Å²) in [5.74, 6) is 2.72. The molecule has 6 heteroatoms. The zero-order chi connectivity index (χ0) is 18.9. The lowest BCUT2D eigenvalue weighted by Gasteiger charge is -2.57. The summed E-state index contributed by atoms with van der Waals surface area (Å²) >= 11 is 0. The van der Waals surface area contributed by atoms with E-state index >= 15 is 0 Å². The van der Waals surface area contributed by atoms with Crippen LogP contribution in [0, 0.1) is 23.2 Å². The second-order valence-electron chi connectivity index (χ2n) is 8.89. The van der Waals surface area contributed by atoms with Crippen molar-refractivity contribution < 1.29 is 13.2 Å². The normalized spacial score (nSPS) is 33.7. The standard InChI is InChI=1S/C20H34N2O3S/c1-4-26(24,25)22(3)7-5-6-21-19(23)8-15(2)20-12-16-9-17(13-20)11-18(10-16)14-20/h8,16-18H,4-7,9-14H2,1-3H3,(H,21,23)/b15-8-. The molecule has 0 heterocycles. The fourth-order valence-electron chi connectivity index (χ4n) is 5.87. The van der Waals surface area contributed by atoms with Gasteiger partial charge in [-0.1, -0.05) is 5.57 Å². The minimum atomic E-state index is -3.14. The molecule has 1 N–H and O–H groups in total. The fourth-order valence-corrected chi connectivity index (χ4v) is 6.72. The van der Waals surface area contributed by atoms with E-state index in [0.717, 1.165) is 17.8 Å². The van der Waals surface area contributed by atoms with Crippen molar-refractivity contribution in [3.05, 3.63) is 11.6 Å². The van der Waals surface area contributed by atoms with Gasteiger partial charge in [0.1, 0.15) is 0 Å². The fraction of sp³-hybridized carbons (Fsp3) is 0.850. The molecule has 4 aliphatic carbocycles. The monoisotopic (exact) mass is 382 g/mol. The summed E-state index contributed by atoms with van der Waals surface area (Å²) in [5, 5.41) is 2.93. The van der Waals surface area contributed by atoms with Crippen LogP contribution in [0.4, 0.5) is 0 Å². The summed E-state index contributed by atoms with van der Waals surface area (Å²) in [4.78, 5) is 12.3. The van der Waals surface area contributed by atoms with Crippen LogP contribution in [0.15, 0.2) is 11.6 Å². The Kier molecular flexibility index (Phi) is 5.83. The zero-order valence-electron chi connectivity index (χ0n) is 16.5. The third-order valence-electron chi connectivity index (χ3n) is 7.01. The molecular weight excluding hydrogens is 348 g/mol. The Morgan fingerprint density at radius 3 is 2.19 bits per heavy atom. The van der Waals surface area contributed by atoms with Crippen LogP contribution in [-0.2, 0) is 14.8 Å². The van der Waals surface area contributed by atoms with Crippen LogP contribution in [0.5, 0.6) is 0 Å². The van der Waals surface area contributed by atoms with Gasteiger partial charge in [-0.3, -0.25) is 4.79 Å². The smallest absolute Gasteiger partial charge is 0.243 e. The Hall–Kier alpha value is -0.880. The average Bonchev–Trinajstić information content (AvgIpc) is 2.57. The molecule has 0 unspecified atom stereocenters. The van der Waals surface area contributed by atoms with E-state index in [-0.39, 0.29) is 17.1 Å². The molecule has 0 spiro atoms. The van der Waals surface area contributed by atoms with E-state index in [1.807, 2.05) is 6.08 Å². The Morgan fingerprint density at radius 1 is 1.15 bits per heavy atom. The van der Waals surface area contributed by atoms with Crippen molar-refractivity contribution in [1.82, 2.24) is 9.62 Å². The SMILES string of the molecule is CCS(=O)(=O)N(C)CCCNC(=O)/C=C(/C)C12CC3CC(CC(C3)C1)C2. The molecular formula is C20H34N2O3S. The van der Waals surface area contributed by atoms with Crippen LogP contribution >= 0.6 is 0 Å². The minimum absolute atomic E-state index is 0.0285. The third-order valence-corrected chi connectivity index (χ3v) is 8.87. The summed E-state index contributed by atoms with van der Waals surface area (Å²) in [5.41, 5.74) is 1.54. The Labute approximate surface area is 158 Å². The molecule has 0 aromatic heterocycles. The highest BCUT2D eigenvalue weighted by atomic mass is 32.2. The summed E-state index contributed by atoms with van der Waals surface area (Å²) < 4.78 is 24.8. The predicted octanol–water partition coefficient (Wildman–Crippen LogP) is 2.94. The van der Waals surface area contributed by atoms with Crippen LogP contribution in [-0.4, -0.2) is 44.5 Å². The third kappa shape index (κ3) is 4.16. The first-order valence-electron chi connectivity index (χ1n) is 10.1. The van der Waals surface area contributed by atoms with Gasteiger partial charge in [0.05, 0.1) is 5.75 Å². The first-order chi connectivity index (χ1) is 12.2. The van der Waals surface area contributed by atoms with Gasteiger partial charge in [-0.25, -0.2) is 12.7 Å². The van der Waals surface area contributed by atoms with E-state index in [4.69, 9.17) is 0 Å². The second-order valence-corrected chi connectivity index (χ2v) is 11.3. The molecule has 5 nitrogen and oxygen atoms in total. The first-order valence-corrected chi connectivity index (χ1v) is 11.8. The Bertz CT molecular complexity index is 633. The number of carbonyl (C=O) groups excluding carboxylic acids is 1. The van der Waals surface area contributed by atoms with E-state index in [1.54, 1.807) is 14.0 Å². The number of amides is 1. The maximum atomic E-state index is 12.3. The van der Waals surface area contributed by atoms with Crippen molar-refractivity contribution in [2.75, 3.05) is 25.9 Å². The van der Waals surface area contributed by atoms with Gasteiger partial charge >= 0.3 is 0 Å². The van der Waals surface area contributed by atoms with Crippen molar-refractivity contribution in [3.8, 4) is 0 Å². The van der Waals surface area contributed by atoms with Gasteiger partial charge in [-0.15, -0.1) is 0 Å². The van der Waals surface area contributed by atoms with Gasteiger partial charge in [0.15, 0.2) is 0 Å². The van der Waals surface area contributed by atoms with E-state index in [1.165, 1.54) is 48.4 Å². The lowest BCUT2D eigenvalue weighted by atomic mass is 9.48. The number of hydrogen-bond donors (Lipinski definition) is 1. The minimum Gasteiger partial charge on any atom is -0.353 e. The van der Waals surface area contributed by atoms with Crippen LogP contribution in [0.25, 0.3) is 0 Å². The molecule has 4 fully saturated rings. The quantitative estimate of drug-likeness (QED) is 0.518. The van der Waals surface area contributed by atoms with Gasteiger partial charge in [-0.05, 0) is 82.0 Å². The number of hydrogen-bond acceptors (Lipinski definition) is 3. The first kappa shape index (κ1) is 19.9. The van der Waals surface area contributed by atoms with E-state index < -0.39 is 10.0 Å². The van der Waals surface area contributed by atoms with Crippen molar-refractivity contribution in [1.29, 1.82) is 0 Å².